The van der Waals surface area contributed by atoms with E-state index in [4.69, 9.17) is 9.15 Å². The fourth-order valence-corrected chi connectivity index (χ4v) is 3.28. The molecule has 1 unspecified atom stereocenters. The molecule has 1 aliphatic rings. The van der Waals surface area contributed by atoms with E-state index in [0.717, 1.165) is 0 Å². The van der Waals surface area contributed by atoms with Gasteiger partial charge in [0.1, 0.15) is 29.1 Å². The van der Waals surface area contributed by atoms with Crippen LogP contribution in [-0.2, 0) is 9.59 Å². The predicted molar refractivity (Wildman–Crippen MR) is 100 cm³/mol. The highest BCUT2D eigenvalue weighted by atomic mass is 16.5. The molecule has 1 atom stereocenters. The Hall–Kier alpha value is -3.02. The molecule has 0 aliphatic carbocycles. The number of ketones is 1. The van der Waals surface area contributed by atoms with Gasteiger partial charge in [0, 0.05) is 12.1 Å². The maximum Gasteiger partial charge on any atom is 0.295 e. The molecular formula is C21H23NO5. The lowest BCUT2D eigenvalue weighted by molar-refractivity contribution is -0.140. The van der Waals surface area contributed by atoms with Crippen molar-refractivity contribution in [3.63, 3.8) is 0 Å². The van der Waals surface area contributed by atoms with Crippen LogP contribution in [0, 0.1) is 6.92 Å². The van der Waals surface area contributed by atoms with Crippen molar-refractivity contribution >= 4 is 17.4 Å². The number of hydrogen-bond donors (Lipinski definition) is 1. The third-order valence-electron chi connectivity index (χ3n) is 4.47. The van der Waals surface area contributed by atoms with Crippen molar-refractivity contribution in [3.05, 3.63) is 59.1 Å². The molecule has 2 heterocycles. The number of amides is 1. The van der Waals surface area contributed by atoms with Gasteiger partial charge in [0.2, 0.25) is 0 Å². The molecule has 3 rings (SSSR count). The van der Waals surface area contributed by atoms with Gasteiger partial charge in [-0.1, -0.05) is 6.92 Å². The van der Waals surface area contributed by atoms with Crippen LogP contribution in [0.15, 0.2) is 46.4 Å². The molecule has 1 amide bonds. The maximum atomic E-state index is 12.7. The Balaban J connectivity index is 2.09. The number of hydrogen-bond acceptors (Lipinski definition) is 5. The Kier molecular flexibility index (Phi) is 5.35. The molecule has 142 valence electrons. The second-order valence-corrected chi connectivity index (χ2v) is 6.40. The quantitative estimate of drug-likeness (QED) is 0.476. The first-order valence-electron chi connectivity index (χ1n) is 9.05. The van der Waals surface area contributed by atoms with Gasteiger partial charge in [-0.15, -0.1) is 0 Å². The Morgan fingerprint density at radius 2 is 1.85 bits per heavy atom. The number of aryl methyl sites for hydroxylation is 1. The Morgan fingerprint density at radius 1 is 1.15 bits per heavy atom. The molecule has 0 saturated carbocycles. The summed E-state index contributed by atoms with van der Waals surface area (Å²) in [5.74, 6) is 0.269. The number of rotatable bonds is 6. The van der Waals surface area contributed by atoms with Gasteiger partial charge in [-0.05, 0) is 56.7 Å². The van der Waals surface area contributed by atoms with Crippen LogP contribution >= 0.6 is 0 Å². The molecule has 1 aromatic heterocycles. The monoisotopic (exact) mass is 369 g/mol. The largest absolute Gasteiger partial charge is 0.507 e. The molecule has 6 heteroatoms. The summed E-state index contributed by atoms with van der Waals surface area (Å²) in [6, 6.07) is 9.54. The van der Waals surface area contributed by atoms with Gasteiger partial charge in [0.15, 0.2) is 0 Å². The molecule has 0 radical (unpaired) electrons. The minimum atomic E-state index is -0.731. The van der Waals surface area contributed by atoms with Crippen LogP contribution in [0.1, 0.15) is 43.4 Å². The van der Waals surface area contributed by atoms with Crippen LogP contribution in [0.25, 0.3) is 5.76 Å². The molecule has 1 saturated heterocycles. The van der Waals surface area contributed by atoms with E-state index in [1.54, 1.807) is 43.3 Å². The zero-order valence-corrected chi connectivity index (χ0v) is 15.7. The topological polar surface area (TPSA) is 80.0 Å². The van der Waals surface area contributed by atoms with Crippen LogP contribution in [-0.4, -0.2) is 34.8 Å². The van der Waals surface area contributed by atoms with E-state index in [1.807, 2.05) is 13.8 Å². The smallest absolute Gasteiger partial charge is 0.295 e. The summed E-state index contributed by atoms with van der Waals surface area (Å²) in [4.78, 5) is 26.7. The number of benzene rings is 1. The molecule has 1 fully saturated rings. The number of Topliss-reactive ketones (excluding diaryl/α,β-unsaturated/α-hetero) is 1. The van der Waals surface area contributed by atoms with Gasteiger partial charge in [-0.2, -0.15) is 0 Å². The first kappa shape index (κ1) is 18.8. The molecule has 27 heavy (non-hydrogen) atoms. The maximum absolute atomic E-state index is 12.7. The molecule has 1 aliphatic heterocycles. The number of carbonyl (C=O) groups is 2. The molecule has 1 N–H and O–H groups in total. The minimum absolute atomic E-state index is 0.0481. The molecule has 2 aromatic rings. The molecule has 6 nitrogen and oxygen atoms in total. The van der Waals surface area contributed by atoms with Crippen LogP contribution in [0.3, 0.4) is 0 Å². The Morgan fingerprint density at radius 3 is 2.41 bits per heavy atom. The predicted octanol–water partition coefficient (Wildman–Crippen LogP) is 3.82. The summed E-state index contributed by atoms with van der Waals surface area (Å²) < 4.78 is 11.1. The molecular weight excluding hydrogens is 346 g/mol. The van der Waals surface area contributed by atoms with Crippen LogP contribution in [0.4, 0.5) is 0 Å². The lowest BCUT2D eigenvalue weighted by Gasteiger charge is -2.22. The first-order valence-corrected chi connectivity index (χ1v) is 9.05. The van der Waals surface area contributed by atoms with E-state index in [-0.39, 0.29) is 11.3 Å². The van der Waals surface area contributed by atoms with Crippen LogP contribution in [0.5, 0.6) is 5.75 Å². The van der Waals surface area contributed by atoms with Gasteiger partial charge in [0.05, 0.1) is 12.2 Å². The van der Waals surface area contributed by atoms with Crippen LogP contribution < -0.4 is 4.74 Å². The van der Waals surface area contributed by atoms with Crippen molar-refractivity contribution in [2.45, 2.75) is 33.2 Å². The standard InChI is InChI=1S/C21H23NO5/c1-4-12-22-18(16-11-6-13(3)27-16)17(20(24)21(22)25)19(23)14-7-9-15(10-8-14)26-5-2/h6-11,18,23H,4-5,12H2,1-3H3/b19-17-. The van der Waals surface area contributed by atoms with Gasteiger partial charge >= 0.3 is 0 Å². The molecule has 0 bridgehead atoms. The van der Waals surface area contributed by atoms with Crippen molar-refractivity contribution in [3.8, 4) is 5.75 Å². The Labute approximate surface area is 158 Å². The summed E-state index contributed by atoms with van der Waals surface area (Å²) in [5, 5.41) is 10.9. The van der Waals surface area contributed by atoms with Crippen molar-refractivity contribution in [1.82, 2.24) is 4.90 Å². The highest BCUT2D eigenvalue weighted by molar-refractivity contribution is 6.46. The third-order valence-corrected chi connectivity index (χ3v) is 4.47. The zero-order chi connectivity index (χ0) is 19.6. The van der Waals surface area contributed by atoms with Crippen molar-refractivity contribution in [1.29, 1.82) is 0 Å². The number of aliphatic hydroxyl groups is 1. The molecule has 0 spiro atoms. The van der Waals surface area contributed by atoms with E-state index in [9.17, 15) is 14.7 Å². The van der Waals surface area contributed by atoms with Crippen LogP contribution in [0.2, 0.25) is 0 Å². The number of nitrogens with zero attached hydrogens (tertiary/aromatic N) is 1. The van der Waals surface area contributed by atoms with Crippen molar-refractivity contribution in [2.75, 3.05) is 13.2 Å². The summed E-state index contributed by atoms with van der Waals surface area (Å²) in [5.41, 5.74) is 0.494. The van der Waals surface area contributed by atoms with Crippen molar-refractivity contribution < 1.29 is 23.8 Å². The van der Waals surface area contributed by atoms with Gasteiger partial charge in [0.25, 0.3) is 11.7 Å². The number of aliphatic hydroxyl groups excluding tert-OH is 1. The third kappa shape index (κ3) is 3.47. The lowest BCUT2D eigenvalue weighted by Crippen LogP contribution is -2.30. The zero-order valence-electron chi connectivity index (χ0n) is 15.7. The highest BCUT2D eigenvalue weighted by Crippen LogP contribution is 2.40. The van der Waals surface area contributed by atoms with E-state index < -0.39 is 17.7 Å². The van der Waals surface area contributed by atoms with Gasteiger partial charge < -0.3 is 19.2 Å². The number of ether oxygens (including phenoxy) is 1. The normalized spacial score (nSPS) is 18.9. The summed E-state index contributed by atoms with van der Waals surface area (Å²) in [7, 11) is 0. The minimum Gasteiger partial charge on any atom is -0.507 e. The Bertz CT molecular complexity index is 878. The SMILES string of the molecule is CCCN1C(=O)C(=O)/C(=C(\O)c2ccc(OCC)cc2)C1c1ccc(C)o1. The fraction of sp³-hybridized carbons (Fsp3) is 0.333. The summed E-state index contributed by atoms with van der Waals surface area (Å²) in [6.07, 6.45) is 0.687. The van der Waals surface area contributed by atoms with E-state index in [1.165, 1.54) is 4.90 Å². The first-order chi connectivity index (χ1) is 13.0. The number of likely N-dealkylation sites (tertiary alicyclic amines) is 1. The van der Waals surface area contributed by atoms with Crippen molar-refractivity contribution in [2.24, 2.45) is 0 Å². The second kappa shape index (κ2) is 7.70. The average Bonchev–Trinajstić information content (AvgIpc) is 3.19. The number of furan rings is 1. The summed E-state index contributed by atoms with van der Waals surface area (Å²) >= 11 is 0. The number of carbonyl (C=O) groups excluding carboxylic acids is 2. The second-order valence-electron chi connectivity index (χ2n) is 6.40. The van der Waals surface area contributed by atoms with E-state index in [0.29, 0.717) is 42.4 Å². The van der Waals surface area contributed by atoms with E-state index in [2.05, 4.69) is 0 Å². The fourth-order valence-electron chi connectivity index (χ4n) is 3.28. The summed E-state index contributed by atoms with van der Waals surface area (Å²) in [6.45, 7) is 6.53. The lowest BCUT2D eigenvalue weighted by atomic mass is 9.99. The average molecular weight is 369 g/mol. The van der Waals surface area contributed by atoms with Gasteiger partial charge in [-0.25, -0.2) is 0 Å². The highest BCUT2D eigenvalue weighted by Gasteiger charge is 2.47. The molecule has 1 aromatic carbocycles. The van der Waals surface area contributed by atoms with E-state index >= 15 is 0 Å². The van der Waals surface area contributed by atoms with Gasteiger partial charge in [-0.3, -0.25) is 9.59 Å².